The first kappa shape index (κ1) is 16.0. The highest BCUT2D eigenvalue weighted by Crippen LogP contribution is 2.24. The van der Waals surface area contributed by atoms with E-state index in [1.807, 2.05) is 13.8 Å². The summed E-state index contributed by atoms with van der Waals surface area (Å²) in [5.74, 6) is 0.865. The summed E-state index contributed by atoms with van der Waals surface area (Å²) in [5.41, 5.74) is 1.54. The summed E-state index contributed by atoms with van der Waals surface area (Å²) in [6.45, 7) is 9.03. The van der Waals surface area contributed by atoms with Crippen molar-refractivity contribution >= 4 is 15.9 Å². The summed E-state index contributed by atoms with van der Waals surface area (Å²) in [6, 6.07) is 3.14. The largest absolute Gasteiger partial charge is 0.307 e. The highest BCUT2D eigenvalue weighted by molar-refractivity contribution is 9.10. The van der Waals surface area contributed by atoms with E-state index in [0.29, 0.717) is 21.9 Å². The van der Waals surface area contributed by atoms with E-state index in [2.05, 4.69) is 50.6 Å². The fourth-order valence-electron chi connectivity index (χ4n) is 2.00. The van der Waals surface area contributed by atoms with Crippen molar-refractivity contribution in [1.82, 2.24) is 25.5 Å². The van der Waals surface area contributed by atoms with Gasteiger partial charge in [0.05, 0.1) is 16.2 Å². The number of aryl methyl sites for hydroxylation is 1. The van der Waals surface area contributed by atoms with Gasteiger partial charge in [-0.05, 0) is 64.3 Å². The first-order valence-electron chi connectivity index (χ1n) is 6.87. The van der Waals surface area contributed by atoms with E-state index < -0.39 is 0 Å². The molecule has 0 aliphatic heterocycles. The van der Waals surface area contributed by atoms with Crippen LogP contribution >= 0.6 is 15.9 Å². The Labute approximate surface area is 132 Å². The molecule has 0 fully saturated rings. The highest BCUT2D eigenvalue weighted by atomic mass is 79.9. The van der Waals surface area contributed by atoms with Crippen molar-refractivity contribution in [2.24, 2.45) is 5.92 Å². The van der Waals surface area contributed by atoms with Gasteiger partial charge in [0.1, 0.15) is 5.82 Å². The SMILES string of the molecule is Cc1cc(Br)c(F)cc1-n1nnnc1C(C)NCC(C)C. The summed E-state index contributed by atoms with van der Waals surface area (Å²) >= 11 is 3.18. The minimum Gasteiger partial charge on any atom is -0.307 e. The number of nitrogens with one attached hydrogen (secondary N) is 1. The molecule has 5 nitrogen and oxygen atoms in total. The van der Waals surface area contributed by atoms with E-state index in [1.54, 1.807) is 10.7 Å². The van der Waals surface area contributed by atoms with Crippen LogP contribution in [-0.2, 0) is 0 Å². The molecule has 0 aliphatic rings. The van der Waals surface area contributed by atoms with Gasteiger partial charge in [0.15, 0.2) is 5.82 Å². The molecule has 1 aromatic heterocycles. The molecule has 1 N–H and O–H groups in total. The molecule has 2 rings (SSSR count). The van der Waals surface area contributed by atoms with E-state index in [-0.39, 0.29) is 11.9 Å². The number of aromatic nitrogens is 4. The van der Waals surface area contributed by atoms with Gasteiger partial charge < -0.3 is 5.32 Å². The lowest BCUT2D eigenvalue weighted by Crippen LogP contribution is -2.26. The molecule has 0 bridgehead atoms. The van der Waals surface area contributed by atoms with Crippen molar-refractivity contribution in [3.8, 4) is 5.69 Å². The Morgan fingerprint density at radius 3 is 2.71 bits per heavy atom. The molecule has 0 radical (unpaired) electrons. The molecular formula is C14H19BrFN5. The van der Waals surface area contributed by atoms with E-state index >= 15 is 0 Å². The predicted molar refractivity (Wildman–Crippen MR) is 82.8 cm³/mol. The fraction of sp³-hybridized carbons (Fsp3) is 0.500. The fourth-order valence-corrected chi connectivity index (χ4v) is 2.46. The average Bonchev–Trinajstić information content (AvgIpc) is 2.89. The van der Waals surface area contributed by atoms with Crippen LogP contribution in [0.5, 0.6) is 0 Å². The van der Waals surface area contributed by atoms with Gasteiger partial charge in [0.2, 0.25) is 0 Å². The maximum Gasteiger partial charge on any atom is 0.173 e. The molecule has 1 unspecified atom stereocenters. The zero-order valence-electron chi connectivity index (χ0n) is 12.6. The van der Waals surface area contributed by atoms with Crippen molar-refractivity contribution in [2.45, 2.75) is 33.7 Å². The molecule has 1 aromatic carbocycles. The molecule has 2 aromatic rings. The normalized spacial score (nSPS) is 12.9. The van der Waals surface area contributed by atoms with E-state index in [0.717, 1.165) is 12.1 Å². The molecule has 1 heterocycles. The summed E-state index contributed by atoms with van der Waals surface area (Å²) in [5, 5.41) is 15.2. The van der Waals surface area contributed by atoms with Crippen LogP contribution in [0.2, 0.25) is 0 Å². The topological polar surface area (TPSA) is 55.6 Å². The van der Waals surface area contributed by atoms with Gasteiger partial charge in [-0.25, -0.2) is 4.39 Å². The van der Waals surface area contributed by atoms with Gasteiger partial charge in [-0.3, -0.25) is 0 Å². The van der Waals surface area contributed by atoms with Gasteiger partial charge in [-0.15, -0.1) is 5.10 Å². The zero-order valence-corrected chi connectivity index (χ0v) is 14.1. The summed E-state index contributed by atoms with van der Waals surface area (Å²) in [6.07, 6.45) is 0. The van der Waals surface area contributed by atoms with Crippen molar-refractivity contribution in [2.75, 3.05) is 6.54 Å². The first-order chi connectivity index (χ1) is 9.90. The molecular weight excluding hydrogens is 337 g/mol. The van der Waals surface area contributed by atoms with Crippen LogP contribution in [0.3, 0.4) is 0 Å². The summed E-state index contributed by atoms with van der Waals surface area (Å²) in [7, 11) is 0. The second-order valence-electron chi connectivity index (χ2n) is 5.53. The zero-order chi connectivity index (χ0) is 15.6. The third-order valence-corrected chi connectivity index (χ3v) is 3.79. The number of hydrogen-bond donors (Lipinski definition) is 1. The smallest absolute Gasteiger partial charge is 0.173 e. The second-order valence-corrected chi connectivity index (χ2v) is 6.38. The van der Waals surface area contributed by atoms with Gasteiger partial charge in [0.25, 0.3) is 0 Å². The van der Waals surface area contributed by atoms with Gasteiger partial charge in [-0.1, -0.05) is 13.8 Å². The van der Waals surface area contributed by atoms with Crippen molar-refractivity contribution in [1.29, 1.82) is 0 Å². The highest BCUT2D eigenvalue weighted by Gasteiger charge is 2.18. The van der Waals surface area contributed by atoms with Crippen LogP contribution in [-0.4, -0.2) is 26.8 Å². The molecule has 21 heavy (non-hydrogen) atoms. The van der Waals surface area contributed by atoms with Crippen LogP contribution in [0.4, 0.5) is 4.39 Å². The van der Waals surface area contributed by atoms with Gasteiger partial charge in [-0.2, -0.15) is 4.68 Å². The third-order valence-electron chi connectivity index (χ3n) is 3.18. The minimum absolute atomic E-state index is 0.0199. The lowest BCUT2D eigenvalue weighted by atomic mass is 10.2. The lowest BCUT2D eigenvalue weighted by Gasteiger charge is -2.16. The monoisotopic (exact) mass is 355 g/mol. The molecule has 1 atom stereocenters. The van der Waals surface area contributed by atoms with Crippen molar-refractivity contribution < 1.29 is 4.39 Å². The maximum atomic E-state index is 13.8. The molecule has 0 aliphatic carbocycles. The van der Waals surface area contributed by atoms with Crippen LogP contribution in [0, 0.1) is 18.7 Å². The molecule has 0 spiro atoms. The quantitative estimate of drug-likeness (QED) is 0.894. The van der Waals surface area contributed by atoms with Crippen LogP contribution in [0.25, 0.3) is 5.69 Å². The standard InChI is InChI=1S/C14H19BrFN5/c1-8(2)7-17-10(4)14-18-19-20-21(14)13-6-12(16)11(15)5-9(13)3/h5-6,8,10,17H,7H2,1-4H3. The van der Waals surface area contributed by atoms with Crippen LogP contribution in [0.15, 0.2) is 16.6 Å². The van der Waals surface area contributed by atoms with Crippen molar-refractivity contribution in [3.05, 3.63) is 33.8 Å². The molecule has 0 amide bonds. The number of hydrogen-bond acceptors (Lipinski definition) is 4. The number of nitrogens with zero attached hydrogens (tertiary/aromatic N) is 4. The van der Waals surface area contributed by atoms with E-state index in [4.69, 9.17) is 0 Å². The number of rotatable bonds is 5. The Bertz CT molecular complexity index is 626. The Morgan fingerprint density at radius 2 is 2.05 bits per heavy atom. The molecule has 7 heteroatoms. The summed E-state index contributed by atoms with van der Waals surface area (Å²) in [4.78, 5) is 0. The molecule has 0 saturated heterocycles. The van der Waals surface area contributed by atoms with Crippen molar-refractivity contribution in [3.63, 3.8) is 0 Å². The first-order valence-corrected chi connectivity index (χ1v) is 7.67. The Morgan fingerprint density at radius 1 is 1.33 bits per heavy atom. The van der Waals surface area contributed by atoms with E-state index in [9.17, 15) is 4.39 Å². The number of halogens is 2. The third kappa shape index (κ3) is 3.65. The Balaban J connectivity index is 2.34. The minimum atomic E-state index is -0.333. The lowest BCUT2D eigenvalue weighted by molar-refractivity contribution is 0.474. The molecule has 0 saturated carbocycles. The molecule has 114 valence electrons. The second kappa shape index (κ2) is 6.62. The van der Waals surface area contributed by atoms with E-state index in [1.165, 1.54) is 6.07 Å². The van der Waals surface area contributed by atoms with Gasteiger partial charge in [0, 0.05) is 6.07 Å². The Hall–Kier alpha value is -1.34. The predicted octanol–water partition coefficient (Wildman–Crippen LogP) is 3.18. The van der Waals surface area contributed by atoms with Crippen LogP contribution in [0.1, 0.15) is 38.2 Å². The maximum absolute atomic E-state index is 13.8. The average molecular weight is 356 g/mol. The Kier molecular flexibility index (Phi) is 5.05. The number of benzene rings is 1. The van der Waals surface area contributed by atoms with Gasteiger partial charge >= 0.3 is 0 Å². The summed E-state index contributed by atoms with van der Waals surface area (Å²) < 4.78 is 15.8. The van der Waals surface area contributed by atoms with Crippen LogP contribution < -0.4 is 5.32 Å². The number of tetrazole rings is 1.